The molecule has 0 aromatic heterocycles. The number of ether oxygens (including phenoxy) is 1. The molecule has 0 aliphatic carbocycles. The van der Waals surface area contributed by atoms with Crippen LogP contribution < -0.4 is 14.4 Å². The molecule has 0 atom stereocenters. The summed E-state index contributed by atoms with van der Waals surface area (Å²) in [6.45, 7) is 6.90. The Hall–Kier alpha value is -2.54. The monoisotopic (exact) mass is 390 g/mol. The van der Waals surface area contributed by atoms with Crippen molar-refractivity contribution in [2.24, 2.45) is 0 Å². The van der Waals surface area contributed by atoms with Crippen LogP contribution in [0.25, 0.3) is 0 Å². The third kappa shape index (κ3) is 5.72. The summed E-state index contributed by atoms with van der Waals surface area (Å²) < 4.78 is 30.4. The van der Waals surface area contributed by atoms with Gasteiger partial charge >= 0.3 is 0 Å². The molecule has 1 amide bonds. The molecule has 2 aromatic carbocycles. The Morgan fingerprint density at radius 2 is 1.74 bits per heavy atom. The van der Waals surface area contributed by atoms with Crippen LogP contribution in [0.5, 0.6) is 5.75 Å². The second-order valence-electron chi connectivity index (χ2n) is 6.33. The van der Waals surface area contributed by atoms with E-state index in [4.69, 9.17) is 4.74 Å². The summed E-state index contributed by atoms with van der Waals surface area (Å²) in [6, 6.07) is 12.4. The van der Waals surface area contributed by atoms with Crippen LogP contribution in [0.15, 0.2) is 42.5 Å². The van der Waals surface area contributed by atoms with Gasteiger partial charge in [-0.25, -0.2) is 8.42 Å². The minimum atomic E-state index is -3.33. The number of rotatable bonds is 8. The highest BCUT2D eigenvalue weighted by Gasteiger charge is 2.15. The highest BCUT2D eigenvalue weighted by Crippen LogP contribution is 2.18. The molecule has 6 nitrogen and oxygen atoms in total. The van der Waals surface area contributed by atoms with Crippen LogP contribution in [0, 0.1) is 13.8 Å². The van der Waals surface area contributed by atoms with Gasteiger partial charge in [0.2, 0.25) is 10.0 Å². The number of anilines is 1. The van der Waals surface area contributed by atoms with E-state index in [0.717, 1.165) is 17.6 Å². The van der Waals surface area contributed by atoms with Crippen LogP contribution in [-0.2, 0) is 10.0 Å². The maximum atomic E-state index is 12.2. The first-order valence-corrected chi connectivity index (χ1v) is 10.6. The molecule has 146 valence electrons. The molecule has 0 aliphatic rings. The lowest BCUT2D eigenvalue weighted by molar-refractivity contribution is 0.0947. The van der Waals surface area contributed by atoms with Gasteiger partial charge < -0.3 is 10.1 Å². The predicted octanol–water partition coefficient (Wildman–Crippen LogP) is 2.90. The zero-order valence-corrected chi connectivity index (χ0v) is 17.0. The van der Waals surface area contributed by atoms with Crippen LogP contribution in [0.4, 0.5) is 5.69 Å². The number of sulfonamides is 1. The molecular formula is C20H26N2O4S. The van der Waals surface area contributed by atoms with Crippen molar-refractivity contribution in [3.8, 4) is 5.75 Å². The van der Waals surface area contributed by atoms with Gasteiger partial charge in [0.05, 0.1) is 18.5 Å². The topological polar surface area (TPSA) is 75.7 Å². The number of aryl methyl sites for hydroxylation is 2. The van der Waals surface area contributed by atoms with Crippen LogP contribution in [0.3, 0.4) is 0 Å². The largest absolute Gasteiger partial charge is 0.492 e. The molecule has 0 radical (unpaired) electrons. The minimum absolute atomic E-state index is 0.229. The zero-order chi connectivity index (χ0) is 20.0. The fourth-order valence-corrected chi connectivity index (χ4v) is 3.60. The summed E-state index contributed by atoms with van der Waals surface area (Å²) in [5.74, 6) is 0.546. The highest BCUT2D eigenvalue weighted by molar-refractivity contribution is 7.92. The van der Waals surface area contributed by atoms with E-state index in [9.17, 15) is 13.2 Å². The van der Waals surface area contributed by atoms with E-state index < -0.39 is 10.0 Å². The van der Waals surface area contributed by atoms with Crippen molar-refractivity contribution in [1.29, 1.82) is 0 Å². The first-order chi connectivity index (χ1) is 12.7. The van der Waals surface area contributed by atoms with E-state index in [-0.39, 0.29) is 5.91 Å². The summed E-state index contributed by atoms with van der Waals surface area (Å²) >= 11 is 0. The molecule has 27 heavy (non-hydrogen) atoms. The molecule has 2 rings (SSSR count). The normalized spacial score (nSPS) is 11.1. The fourth-order valence-electron chi connectivity index (χ4n) is 2.63. The highest BCUT2D eigenvalue weighted by atomic mass is 32.2. The average molecular weight is 391 g/mol. The number of nitrogens with one attached hydrogen (secondary N) is 1. The first kappa shape index (κ1) is 20.8. The zero-order valence-electron chi connectivity index (χ0n) is 16.2. The summed E-state index contributed by atoms with van der Waals surface area (Å²) in [5, 5.41) is 2.79. The van der Waals surface area contributed by atoms with Crippen molar-refractivity contribution >= 4 is 21.6 Å². The summed E-state index contributed by atoms with van der Waals surface area (Å²) in [7, 11) is -3.33. The van der Waals surface area contributed by atoms with Crippen molar-refractivity contribution in [2.75, 3.05) is 30.3 Å². The average Bonchev–Trinajstić information content (AvgIpc) is 2.61. The van der Waals surface area contributed by atoms with Crippen LogP contribution in [0.1, 0.15) is 28.4 Å². The van der Waals surface area contributed by atoms with Crippen molar-refractivity contribution in [1.82, 2.24) is 5.32 Å². The molecule has 1 N–H and O–H groups in total. The lowest BCUT2D eigenvalue weighted by Gasteiger charge is -2.20. The van der Waals surface area contributed by atoms with E-state index in [1.807, 2.05) is 32.0 Å². The predicted molar refractivity (Wildman–Crippen MR) is 108 cm³/mol. The van der Waals surface area contributed by atoms with Gasteiger partial charge in [0, 0.05) is 12.1 Å². The molecule has 0 fully saturated rings. The van der Waals surface area contributed by atoms with Crippen molar-refractivity contribution in [3.05, 3.63) is 59.2 Å². The molecule has 0 unspecified atom stereocenters. The number of amides is 1. The fraction of sp³-hybridized carbons (Fsp3) is 0.350. The van der Waals surface area contributed by atoms with E-state index in [0.29, 0.717) is 30.9 Å². The van der Waals surface area contributed by atoms with Crippen molar-refractivity contribution in [2.45, 2.75) is 20.8 Å². The number of benzene rings is 2. The molecule has 0 bridgehead atoms. The third-order valence-electron chi connectivity index (χ3n) is 4.24. The minimum Gasteiger partial charge on any atom is -0.492 e. The van der Waals surface area contributed by atoms with E-state index in [1.165, 1.54) is 9.87 Å². The second-order valence-corrected chi connectivity index (χ2v) is 8.23. The van der Waals surface area contributed by atoms with Gasteiger partial charge in [-0.2, -0.15) is 0 Å². The molecule has 7 heteroatoms. The van der Waals surface area contributed by atoms with Gasteiger partial charge in [0.15, 0.2) is 0 Å². The smallest absolute Gasteiger partial charge is 0.251 e. The Balaban J connectivity index is 1.88. The van der Waals surface area contributed by atoms with Crippen LogP contribution >= 0.6 is 0 Å². The van der Waals surface area contributed by atoms with E-state index in [1.54, 1.807) is 31.2 Å². The Labute approximate surface area is 161 Å². The van der Waals surface area contributed by atoms with E-state index in [2.05, 4.69) is 5.32 Å². The van der Waals surface area contributed by atoms with Gasteiger partial charge in [-0.05, 0) is 68.3 Å². The summed E-state index contributed by atoms with van der Waals surface area (Å²) in [5.41, 5.74) is 3.37. The molecular weight excluding hydrogens is 364 g/mol. The molecule has 0 aliphatic heterocycles. The maximum absolute atomic E-state index is 12.2. The van der Waals surface area contributed by atoms with Crippen molar-refractivity contribution in [3.63, 3.8) is 0 Å². The van der Waals surface area contributed by atoms with Crippen LogP contribution in [0.2, 0.25) is 0 Å². The molecule has 2 aromatic rings. The maximum Gasteiger partial charge on any atom is 0.251 e. The standard InChI is InChI=1S/C20H26N2O4S/c1-5-22(27(4,24)25)18-9-7-17(8-10-18)20(23)21-12-13-26-19-11-6-15(2)16(3)14-19/h6-11,14H,5,12-13H2,1-4H3,(H,21,23). The first-order valence-electron chi connectivity index (χ1n) is 8.78. The lowest BCUT2D eigenvalue weighted by atomic mass is 10.1. The summed E-state index contributed by atoms with van der Waals surface area (Å²) in [4.78, 5) is 12.2. The SMILES string of the molecule is CCN(c1ccc(C(=O)NCCOc2ccc(C)c(C)c2)cc1)S(C)(=O)=O. The third-order valence-corrected chi connectivity index (χ3v) is 5.51. The molecule has 0 saturated heterocycles. The molecule has 0 heterocycles. The Morgan fingerprint density at radius 1 is 1.07 bits per heavy atom. The Kier molecular flexibility index (Phi) is 6.85. The van der Waals surface area contributed by atoms with Crippen molar-refractivity contribution < 1.29 is 17.9 Å². The number of hydrogen-bond acceptors (Lipinski definition) is 4. The van der Waals surface area contributed by atoms with Gasteiger partial charge in [-0.1, -0.05) is 6.07 Å². The number of carbonyl (C=O) groups is 1. The number of hydrogen-bond donors (Lipinski definition) is 1. The second kappa shape index (κ2) is 8.90. The van der Waals surface area contributed by atoms with Gasteiger partial charge in [-0.3, -0.25) is 9.10 Å². The van der Waals surface area contributed by atoms with Crippen LogP contribution in [-0.4, -0.2) is 40.3 Å². The molecule has 0 saturated carbocycles. The van der Waals surface area contributed by atoms with Gasteiger partial charge in [-0.15, -0.1) is 0 Å². The van der Waals surface area contributed by atoms with E-state index >= 15 is 0 Å². The Morgan fingerprint density at radius 3 is 2.30 bits per heavy atom. The Bertz CT molecular complexity index is 893. The molecule has 0 spiro atoms. The van der Waals surface area contributed by atoms with Gasteiger partial charge in [0.25, 0.3) is 5.91 Å². The van der Waals surface area contributed by atoms with Gasteiger partial charge in [0.1, 0.15) is 12.4 Å². The quantitative estimate of drug-likeness (QED) is 0.703. The number of nitrogens with zero attached hydrogens (tertiary/aromatic N) is 1. The number of carbonyl (C=O) groups excluding carboxylic acids is 1. The summed E-state index contributed by atoms with van der Waals surface area (Å²) in [6.07, 6.45) is 1.16. The lowest BCUT2D eigenvalue weighted by Crippen LogP contribution is -2.30.